The van der Waals surface area contributed by atoms with E-state index in [0.717, 1.165) is 25.2 Å². The van der Waals surface area contributed by atoms with Gasteiger partial charge >= 0.3 is 0 Å². The van der Waals surface area contributed by atoms with Crippen molar-refractivity contribution in [3.63, 3.8) is 0 Å². The van der Waals surface area contributed by atoms with Crippen LogP contribution in [0.1, 0.15) is 65.7 Å². The molecular formula is C23H33NO2. The van der Waals surface area contributed by atoms with Crippen LogP contribution in [0, 0.1) is 34.5 Å². The summed E-state index contributed by atoms with van der Waals surface area (Å²) in [7, 11) is 0. The predicted molar refractivity (Wildman–Crippen MR) is 102 cm³/mol. The number of hydrogen-bond acceptors (Lipinski definition) is 3. The molecule has 1 heterocycles. The molecule has 142 valence electrons. The fourth-order valence-corrected chi connectivity index (χ4v) is 8.06. The van der Waals surface area contributed by atoms with E-state index in [2.05, 4.69) is 18.7 Å². The van der Waals surface area contributed by atoms with E-state index in [0.29, 0.717) is 29.4 Å². The Morgan fingerprint density at radius 2 is 1.88 bits per heavy atom. The second kappa shape index (κ2) is 5.53. The van der Waals surface area contributed by atoms with Gasteiger partial charge in [0.1, 0.15) is 5.78 Å². The van der Waals surface area contributed by atoms with Crippen LogP contribution in [0.3, 0.4) is 0 Å². The lowest BCUT2D eigenvalue weighted by atomic mass is 9.46. The van der Waals surface area contributed by atoms with E-state index in [1.807, 2.05) is 13.0 Å². The van der Waals surface area contributed by atoms with Crippen molar-refractivity contribution < 1.29 is 9.59 Å². The SMILES string of the molecule is CC(=O)[C@H]1[C@H](N2CC2)C[C@H]2[C@@H]3CCC4=CC(=O)CC[C@]4(C)[C@H]3CC[C@@]21C. The predicted octanol–water partition coefficient (Wildman–Crippen LogP) is 4.02. The topological polar surface area (TPSA) is 37.1 Å². The highest BCUT2D eigenvalue weighted by Crippen LogP contribution is 2.67. The third-order valence-electron chi connectivity index (χ3n) is 9.38. The maximum Gasteiger partial charge on any atom is 0.155 e. The number of fused-ring (bicyclic) bond motifs is 5. The number of nitrogens with zero attached hydrogens (tertiary/aromatic N) is 1. The largest absolute Gasteiger partial charge is 0.300 e. The standard InChI is InChI=1S/C23H33NO2/c1-14(25)21-20(24-10-11-24)13-19-17-5-4-15-12-16(26)6-8-22(15,2)18(17)7-9-23(19,21)3/h12,17-21H,4-11,13H2,1-3H3/t17-,18+,19+,20-,21+,22+,23+/m1/s1. The Labute approximate surface area is 157 Å². The first-order valence-electron chi connectivity index (χ1n) is 10.8. The number of ketones is 2. The Morgan fingerprint density at radius 3 is 2.58 bits per heavy atom. The molecule has 0 aromatic heterocycles. The molecule has 0 aromatic rings. The zero-order chi connectivity index (χ0) is 18.3. The van der Waals surface area contributed by atoms with Crippen LogP contribution in [0.4, 0.5) is 0 Å². The fraction of sp³-hybridized carbons (Fsp3) is 0.826. The average molecular weight is 356 g/mol. The van der Waals surface area contributed by atoms with Crippen molar-refractivity contribution in [2.45, 2.75) is 71.8 Å². The maximum atomic E-state index is 12.7. The van der Waals surface area contributed by atoms with E-state index < -0.39 is 0 Å². The zero-order valence-corrected chi connectivity index (χ0v) is 16.6. The fourth-order valence-electron chi connectivity index (χ4n) is 8.06. The van der Waals surface area contributed by atoms with Gasteiger partial charge in [-0.1, -0.05) is 19.4 Å². The molecule has 5 aliphatic rings. The summed E-state index contributed by atoms with van der Waals surface area (Å²) in [4.78, 5) is 27.2. The molecule has 4 aliphatic carbocycles. The van der Waals surface area contributed by atoms with E-state index in [1.165, 1.54) is 44.3 Å². The van der Waals surface area contributed by atoms with Gasteiger partial charge < -0.3 is 0 Å². The van der Waals surface area contributed by atoms with Gasteiger partial charge in [0.15, 0.2) is 5.78 Å². The molecule has 26 heavy (non-hydrogen) atoms. The average Bonchev–Trinajstić information content (AvgIpc) is 3.37. The second-order valence-corrected chi connectivity index (χ2v) is 10.4. The lowest BCUT2D eigenvalue weighted by Crippen LogP contribution is -2.51. The molecule has 1 saturated heterocycles. The van der Waals surface area contributed by atoms with Crippen molar-refractivity contribution in [2.24, 2.45) is 34.5 Å². The molecule has 4 fully saturated rings. The van der Waals surface area contributed by atoms with Crippen molar-refractivity contribution in [3.8, 4) is 0 Å². The highest BCUT2D eigenvalue weighted by molar-refractivity contribution is 5.91. The molecule has 0 bridgehead atoms. The van der Waals surface area contributed by atoms with E-state index in [4.69, 9.17) is 0 Å². The molecular weight excluding hydrogens is 322 g/mol. The first-order chi connectivity index (χ1) is 12.3. The number of Topliss-reactive ketones (excluding diaryl/α,β-unsaturated/α-hetero) is 1. The summed E-state index contributed by atoms with van der Waals surface area (Å²) in [6.45, 7) is 9.12. The lowest BCUT2D eigenvalue weighted by molar-refractivity contribution is -0.129. The quantitative estimate of drug-likeness (QED) is 0.702. The second-order valence-electron chi connectivity index (χ2n) is 10.4. The third kappa shape index (κ3) is 2.22. The Hall–Kier alpha value is -0.960. The number of allylic oxidation sites excluding steroid dienone is 1. The van der Waals surface area contributed by atoms with Gasteiger partial charge in [-0.05, 0) is 80.1 Å². The molecule has 1 aliphatic heterocycles. The van der Waals surface area contributed by atoms with E-state index >= 15 is 0 Å². The van der Waals surface area contributed by atoms with Gasteiger partial charge in [0, 0.05) is 31.5 Å². The van der Waals surface area contributed by atoms with E-state index in [-0.39, 0.29) is 16.7 Å². The number of hydrogen-bond donors (Lipinski definition) is 0. The van der Waals surface area contributed by atoms with Crippen LogP contribution in [0.2, 0.25) is 0 Å². The molecule has 0 unspecified atom stereocenters. The van der Waals surface area contributed by atoms with E-state index in [1.54, 1.807) is 0 Å². The normalized spacial score (nSPS) is 50.5. The van der Waals surface area contributed by atoms with Gasteiger partial charge in [0.2, 0.25) is 0 Å². The molecule has 0 radical (unpaired) electrons. The van der Waals surface area contributed by atoms with Gasteiger partial charge in [0.25, 0.3) is 0 Å². The van der Waals surface area contributed by atoms with Crippen LogP contribution >= 0.6 is 0 Å². The summed E-state index contributed by atoms with van der Waals surface area (Å²) in [6, 6.07) is 0.499. The lowest BCUT2D eigenvalue weighted by Gasteiger charge is -2.58. The van der Waals surface area contributed by atoms with Gasteiger partial charge in [-0.2, -0.15) is 0 Å². The summed E-state index contributed by atoms with van der Waals surface area (Å²) in [5, 5.41) is 0. The van der Waals surface area contributed by atoms with Crippen molar-refractivity contribution >= 4 is 11.6 Å². The number of carbonyl (C=O) groups is 2. The Morgan fingerprint density at radius 1 is 1.12 bits per heavy atom. The molecule has 5 rings (SSSR count). The molecule has 3 nitrogen and oxygen atoms in total. The van der Waals surface area contributed by atoms with Crippen molar-refractivity contribution in [1.29, 1.82) is 0 Å². The van der Waals surface area contributed by atoms with Gasteiger partial charge in [-0.3, -0.25) is 14.5 Å². The molecule has 3 saturated carbocycles. The first kappa shape index (κ1) is 17.2. The highest BCUT2D eigenvalue weighted by atomic mass is 16.1. The van der Waals surface area contributed by atoms with Crippen LogP contribution in [0.25, 0.3) is 0 Å². The molecule has 3 heteroatoms. The van der Waals surface area contributed by atoms with Gasteiger partial charge in [-0.25, -0.2) is 0 Å². The summed E-state index contributed by atoms with van der Waals surface area (Å²) in [5.41, 5.74) is 1.88. The minimum Gasteiger partial charge on any atom is -0.300 e. The van der Waals surface area contributed by atoms with Gasteiger partial charge in [0.05, 0.1) is 0 Å². The van der Waals surface area contributed by atoms with Crippen molar-refractivity contribution in [2.75, 3.05) is 13.1 Å². The zero-order valence-electron chi connectivity index (χ0n) is 16.6. The third-order valence-corrected chi connectivity index (χ3v) is 9.38. The smallest absolute Gasteiger partial charge is 0.155 e. The van der Waals surface area contributed by atoms with Crippen LogP contribution in [-0.2, 0) is 9.59 Å². The Kier molecular flexibility index (Phi) is 3.65. The minimum absolute atomic E-state index is 0.197. The summed E-state index contributed by atoms with van der Waals surface area (Å²) in [5.74, 6) is 3.17. The summed E-state index contributed by atoms with van der Waals surface area (Å²) < 4.78 is 0. The Bertz CT molecular complexity index is 692. The first-order valence-corrected chi connectivity index (χ1v) is 10.8. The number of carbonyl (C=O) groups excluding carboxylic acids is 2. The van der Waals surface area contributed by atoms with Crippen LogP contribution in [-0.4, -0.2) is 35.6 Å². The summed E-state index contributed by atoms with van der Waals surface area (Å²) >= 11 is 0. The molecule has 7 atom stereocenters. The van der Waals surface area contributed by atoms with Crippen LogP contribution < -0.4 is 0 Å². The molecule has 0 N–H and O–H groups in total. The van der Waals surface area contributed by atoms with Crippen molar-refractivity contribution in [1.82, 2.24) is 4.90 Å². The molecule has 0 amide bonds. The van der Waals surface area contributed by atoms with E-state index in [9.17, 15) is 9.59 Å². The van der Waals surface area contributed by atoms with Gasteiger partial charge in [-0.15, -0.1) is 0 Å². The molecule has 0 spiro atoms. The van der Waals surface area contributed by atoms with Crippen molar-refractivity contribution in [3.05, 3.63) is 11.6 Å². The maximum absolute atomic E-state index is 12.7. The molecule has 0 aromatic carbocycles. The van der Waals surface area contributed by atoms with Crippen LogP contribution in [0.15, 0.2) is 11.6 Å². The summed E-state index contributed by atoms with van der Waals surface area (Å²) in [6.07, 6.45) is 9.80. The van der Waals surface area contributed by atoms with Crippen LogP contribution in [0.5, 0.6) is 0 Å². The number of rotatable bonds is 2. The minimum atomic E-state index is 0.197. The monoisotopic (exact) mass is 355 g/mol. The Balaban J connectivity index is 1.50. The highest BCUT2D eigenvalue weighted by Gasteiger charge is 2.63.